The largest absolute Gasteiger partial charge is 0.381 e. The Morgan fingerprint density at radius 1 is 1.35 bits per heavy atom. The van der Waals surface area contributed by atoms with E-state index in [0.29, 0.717) is 24.8 Å². The SMILES string of the molecule is NS(=O)(=O)c1ccc(NC(=O)NCC2CCOC2)cc1. The van der Waals surface area contributed by atoms with E-state index in [9.17, 15) is 13.2 Å². The molecule has 0 bridgehead atoms. The van der Waals surface area contributed by atoms with Gasteiger partial charge in [-0.05, 0) is 30.7 Å². The quantitative estimate of drug-likeness (QED) is 0.751. The molecule has 1 atom stereocenters. The van der Waals surface area contributed by atoms with Gasteiger partial charge in [0.15, 0.2) is 0 Å². The van der Waals surface area contributed by atoms with E-state index in [4.69, 9.17) is 9.88 Å². The van der Waals surface area contributed by atoms with E-state index in [1.165, 1.54) is 24.3 Å². The average Bonchev–Trinajstić information content (AvgIpc) is 2.89. The van der Waals surface area contributed by atoms with Crippen molar-refractivity contribution in [3.63, 3.8) is 0 Å². The number of ether oxygens (including phenoxy) is 1. The zero-order chi connectivity index (χ0) is 14.6. The number of carbonyl (C=O) groups is 1. The number of amides is 2. The van der Waals surface area contributed by atoms with Gasteiger partial charge in [0.1, 0.15) is 0 Å². The van der Waals surface area contributed by atoms with Gasteiger partial charge in [-0.2, -0.15) is 0 Å². The van der Waals surface area contributed by atoms with E-state index in [0.717, 1.165) is 13.0 Å². The number of carbonyl (C=O) groups excluding carboxylic acids is 1. The van der Waals surface area contributed by atoms with Crippen LogP contribution in [0.25, 0.3) is 0 Å². The van der Waals surface area contributed by atoms with Crippen LogP contribution in [0.2, 0.25) is 0 Å². The summed E-state index contributed by atoms with van der Waals surface area (Å²) in [5.74, 6) is 0.352. The third-order valence-corrected chi connectivity index (χ3v) is 3.95. The van der Waals surface area contributed by atoms with Crippen molar-refractivity contribution in [2.24, 2.45) is 11.1 Å². The molecule has 0 saturated carbocycles. The standard InChI is InChI=1S/C12H17N3O4S/c13-20(17,18)11-3-1-10(2-4-11)15-12(16)14-7-9-5-6-19-8-9/h1-4,9H,5-8H2,(H2,13,17,18)(H2,14,15,16). The molecule has 1 saturated heterocycles. The Labute approximate surface area is 117 Å². The van der Waals surface area contributed by atoms with Crippen molar-refractivity contribution in [1.29, 1.82) is 0 Å². The highest BCUT2D eigenvalue weighted by atomic mass is 32.2. The molecule has 7 nitrogen and oxygen atoms in total. The first-order valence-electron chi connectivity index (χ1n) is 6.20. The fourth-order valence-electron chi connectivity index (χ4n) is 1.88. The maximum Gasteiger partial charge on any atom is 0.319 e. The number of benzene rings is 1. The molecule has 2 amide bonds. The van der Waals surface area contributed by atoms with E-state index < -0.39 is 10.0 Å². The minimum absolute atomic E-state index is 0.00608. The average molecular weight is 299 g/mol. The molecule has 0 radical (unpaired) electrons. The summed E-state index contributed by atoms with van der Waals surface area (Å²) in [7, 11) is -3.71. The smallest absolute Gasteiger partial charge is 0.319 e. The van der Waals surface area contributed by atoms with Crippen LogP contribution in [-0.2, 0) is 14.8 Å². The molecule has 1 heterocycles. The van der Waals surface area contributed by atoms with Gasteiger partial charge in [-0.1, -0.05) is 0 Å². The summed E-state index contributed by atoms with van der Waals surface area (Å²) in [5, 5.41) is 10.3. The van der Waals surface area contributed by atoms with E-state index in [1.807, 2.05) is 0 Å². The molecule has 8 heteroatoms. The maximum atomic E-state index is 11.6. The van der Waals surface area contributed by atoms with E-state index >= 15 is 0 Å². The lowest BCUT2D eigenvalue weighted by molar-refractivity contribution is 0.185. The first kappa shape index (κ1) is 14.8. The number of hydrogen-bond acceptors (Lipinski definition) is 4. The number of primary sulfonamides is 1. The highest BCUT2D eigenvalue weighted by Gasteiger charge is 2.16. The molecule has 1 aliphatic heterocycles. The molecular weight excluding hydrogens is 282 g/mol. The fourth-order valence-corrected chi connectivity index (χ4v) is 2.40. The summed E-state index contributed by atoms with van der Waals surface area (Å²) in [6, 6.07) is 5.32. The van der Waals surface area contributed by atoms with Crippen LogP contribution in [0.3, 0.4) is 0 Å². The van der Waals surface area contributed by atoms with Crippen LogP contribution in [0.1, 0.15) is 6.42 Å². The van der Waals surface area contributed by atoms with Crippen LogP contribution in [0.4, 0.5) is 10.5 Å². The minimum Gasteiger partial charge on any atom is -0.381 e. The number of rotatable bonds is 4. The topological polar surface area (TPSA) is 111 Å². The van der Waals surface area contributed by atoms with Crippen molar-refractivity contribution in [1.82, 2.24) is 5.32 Å². The molecule has 1 unspecified atom stereocenters. The Kier molecular flexibility index (Phi) is 4.58. The molecule has 1 fully saturated rings. The van der Waals surface area contributed by atoms with Gasteiger partial charge in [0.05, 0.1) is 11.5 Å². The zero-order valence-corrected chi connectivity index (χ0v) is 11.7. The number of hydrogen-bond donors (Lipinski definition) is 3. The lowest BCUT2D eigenvalue weighted by Gasteiger charge is -2.11. The Balaban J connectivity index is 1.84. The summed E-state index contributed by atoms with van der Waals surface area (Å²) in [5.41, 5.74) is 0.498. The fraction of sp³-hybridized carbons (Fsp3) is 0.417. The van der Waals surface area contributed by atoms with Crippen molar-refractivity contribution in [3.8, 4) is 0 Å². The zero-order valence-electron chi connectivity index (χ0n) is 10.8. The molecule has 1 aromatic rings. The second-order valence-electron chi connectivity index (χ2n) is 4.63. The second-order valence-corrected chi connectivity index (χ2v) is 6.20. The van der Waals surface area contributed by atoms with Crippen LogP contribution in [0.15, 0.2) is 29.2 Å². The first-order chi connectivity index (χ1) is 9.45. The van der Waals surface area contributed by atoms with Crippen molar-refractivity contribution in [2.45, 2.75) is 11.3 Å². The molecule has 0 aliphatic carbocycles. The maximum absolute atomic E-state index is 11.6. The number of nitrogens with one attached hydrogen (secondary N) is 2. The van der Waals surface area contributed by atoms with Crippen LogP contribution in [0.5, 0.6) is 0 Å². The predicted molar refractivity (Wildman–Crippen MR) is 73.8 cm³/mol. The van der Waals surface area contributed by atoms with Gasteiger partial charge in [-0.25, -0.2) is 18.4 Å². The molecule has 4 N–H and O–H groups in total. The van der Waals surface area contributed by atoms with E-state index in [1.54, 1.807) is 0 Å². The highest BCUT2D eigenvalue weighted by molar-refractivity contribution is 7.89. The van der Waals surface area contributed by atoms with Crippen LogP contribution < -0.4 is 15.8 Å². The van der Waals surface area contributed by atoms with Gasteiger partial charge in [0.25, 0.3) is 0 Å². The lowest BCUT2D eigenvalue weighted by atomic mass is 10.1. The monoisotopic (exact) mass is 299 g/mol. The Bertz CT molecular complexity index is 565. The van der Waals surface area contributed by atoms with E-state index in [2.05, 4.69) is 10.6 Å². The van der Waals surface area contributed by atoms with Crippen LogP contribution in [0, 0.1) is 5.92 Å². The summed E-state index contributed by atoms with van der Waals surface area (Å²) >= 11 is 0. The molecule has 1 aliphatic rings. The number of anilines is 1. The van der Waals surface area contributed by atoms with Gasteiger partial charge in [-0.15, -0.1) is 0 Å². The summed E-state index contributed by atoms with van der Waals surface area (Å²) in [4.78, 5) is 11.7. The number of urea groups is 1. The Morgan fingerprint density at radius 3 is 2.60 bits per heavy atom. The third-order valence-electron chi connectivity index (χ3n) is 3.02. The van der Waals surface area contributed by atoms with Gasteiger partial charge in [-0.3, -0.25) is 0 Å². The molecule has 110 valence electrons. The minimum atomic E-state index is -3.71. The molecule has 2 rings (SSSR count). The van der Waals surface area contributed by atoms with Gasteiger partial charge >= 0.3 is 6.03 Å². The third kappa shape index (κ3) is 4.19. The Morgan fingerprint density at radius 2 is 2.05 bits per heavy atom. The lowest BCUT2D eigenvalue weighted by Crippen LogP contribution is -2.33. The van der Waals surface area contributed by atoms with Crippen molar-refractivity contribution in [3.05, 3.63) is 24.3 Å². The second kappa shape index (κ2) is 6.21. The molecule has 20 heavy (non-hydrogen) atoms. The molecule has 0 aromatic heterocycles. The molecule has 1 aromatic carbocycles. The number of nitrogens with two attached hydrogens (primary N) is 1. The van der Waals surface area contributed by atoms with Crippen LogP contribution in [-0.4, -0.2) is 34.2 Å². The summed E-state index contributed by atoms with van der Waals surface area (Å²) in [6.07, 6.45) is 0.948. The molecular formula is C12H17N3O4S. The predicted octanol–water partition coefficient (Wildman–Crippen LogP) is 0.492. The van der Waals surface area contributed by atoms with Crippen molar-refractivity contribution >= 4 is 21.7 Å². The first-order valence-corrected chi connectivity index (χ1v) is 7.75. The van der Waals surface area contributed by atoms with E-state index in [-0.39, 0.29) is 10.9 Å². The Hall–Kier alpha value is -1.64. The van der Waals surface area contributed by atoms with Crippen LogP contribution >= 0.6 is 0 Å². The molecule has 0 spiro atoms. The summed E-state index contributed by atoms with van der Waals surface area (Å²) < 4.78 is 27.4. The highest BCUT2D eigenvalue weighted by Crippen LogP contribution is 2.13. The number of sulfonamides is 1. The van der Waals surface area contributed by atoms with Gasteiger partial charge in [0, 0.05) is 24.8 Å². The summed E-state index contributed by atoms with van der Waals surface area (Å²) in [6.45, 7) is 1.97. The van der Waals surface area contributed by atoms with Crippen molar-refractivity contribution in [2.75, 3.05) is 25.1 Å². The van der Waals surface area contributed by atoms with Gasteiger partial charge in [0.2, 0.25) is 10.0 Å². The van der Waals surface area contributed by atoms with Gasteiger partial charge < -0.3 is 15.4 Å². The van der Waals surface area contributed by atoms with Crippen molar-refractivity contribution < 1.29 is 17.9 Å². The normalized spacial score (nSPS) is 18.8.